The molecule has 0 aliphatic rings. The average molecular weight is 469 g/mol. The van der Waals surface area contributed by atoms with Gasteiger partial charge in [-0.1, -0.05) is 31.7 Å². The number of nitrogens with two attached hydrogens (primary N) is 1. The van der Waals surface area contributed by atoms with Crippen LogP contribution in [-0.4, -0.2) is 47.8 Å². The lowest BCUT2D eigenvalue weighted by Crippen LogP contribution is -2.20. The number of primary amides is 1. The van der Waals surface area contributed by atoms with Crippen LogP contribution in [0.15, 0.2) is 28.3 Å². The topological polar surface area (TPSA) is 149 Å². The van der Waals surface area contributed by atoms with E-state index in [1.54, 1.807) is 19.1 Å². The van der Waals surface area contributed by atoms with Crippen LogP contribution in [0, 0.1) is 12.8 Å². The van der Waals surface area contributed by atoms with Gasteiger partial charge in [-0.15, -0.1) is 10.2 Å². The van der Waals surface area contributed by atoms with E-state index >= 15 is 0 Å². The van der Waals surface area contributed by atoms with Crippen LogP contribution in [0.3, 0.4) is 0 Å². The second kappa shape index (κ2) is 10.7. The molecule has 4 N–H and O–H groups in total. The fourth-order valence-electron chi connectivity index (χ4n) is 2.80. The maximum atomic E-state index is 12.4. The van der Waals surface area contributed by atoms with Gasteiger partial charge in [0.15, 0.2) is 5.16 Å². The van der Waals surface area contributed by atoms with Crippen LogP contribution in [0.2, 0.25) is 0 Å². The number of hydrogen-bond donors (Lipinski definition) is 3. The van der Waals surface area contributed by atoms with E-state index in [2.05, 4.69) is 20.2 Å². The van der Waals surface area contributed by atoms with Crippen molar-refractivity contribution in [1.82, 2.24) is 19.5 Å². The molecule has 0 saturated carbocycles. The number of aryl methyl sites for hydroxylation is 2. The molecule has 31 heavy (non-hydrogen) atoms. The summed E-state index contributed by atoms with van der Waals surface area (Å²) in [5.41, 5.74) is 6.19. The SMILES string of the molecule is CNS(=O)(=O)c1cc(NC(=O)CSc2nnc(CCC(N)=O)n2CC(C)C)ccc1C. The zero-order chi connectivity index (χ0) is 23.2. The minimum absolute atomic E-state index is 0.0635. The minimum atomic E-state index is -3.63. The number of sulfonamides is 1. The van der Waals surface area contributed by atoms with Crippen molar-refractivity contribution in [3.05, 3.63) is 29.6 Å². The van der Waals surface area contributed by atoms with E-state index < -0.39 is 15.9 Å². The summed E-state index contributed by atoms with van der Waals surface area (Å²) in [7, 11) is -2.29. The fraction of sp³-hybridized carbons (Fsp3) is 0.474. The van der Waals surface area contributed by atoms with E-state index in [-0.39, 0.29) is 23.0 Å². The van der Waals surface area contributed by atoms with Crippen LogP contribution in [-0.2, 0) is 32.6 Å². The van der Waals surface area contributed by atoms with Gasteiger partial charge in [-0.05, 0) is 37.6 Å². The lowest BCUT2D eigenvalue weighted by atomic mass is 10.2. The molecule has 1 heterocycles. The number of carbonyl (C=O) groups excluding carboxylic acids is 2. The number of benzene rings is 1. The summed E-state index contributed by atoms with van der Waals surface area (Å²) >= 11 is 1.22. The van der Waals surface area contributed by atoms with Crippen LogP contribution < -0.4 is 15.8 Å². The maximum absolute atomic E-state index is 12.4. The smallest absolute Gasteiger partial charge is 0.240 e. The largest absolute Gasteiger partial charge is 0.370 e. The van der Waals surface area contributed by atoms with Gasteiger partial charge in [0.1, 0.15) is 5.82 Å². The van der Waals surface area contributed by atoms with E-state index in [0.717, 1.165) is 0 Å². The highest BCUT2D eigenvalue weighted by Gasteiger charge is 2.18. The summed E-state index contributed by atoms with van der Waals surface area (Å²) in [6.45, 7) is 6.43. The third kappa shape index (κ3) is 7.04. The molecule has 2 amide bonds. The number of nitrogens with one attached hydrogen (secondary N) is 2. The maximum Gasteiger partial charge on any atom is 0.240 e. The van der Waals surface area contributed by atoms with Gasteiger partial charge in [0.25, 0.3) is 0 Å². The van der Waals surface area contributed by atoms with E-state index in [9.17, 15) is 18.0 Å². The molecule has 1 aromatic heterocycles. The zero-order valence-electron chi connectivity index (χ0n) is 18.0. The third-order valence-electron chi connectivity index (χ3n) is 4.30. The zero-order valence-corrected chi connectivity index (χ0v) is 19.6. The quantitative estimate of drug-likeness (QED) is 0.421. The Morgan fingerprint density at radius 1 is 1.26 bits per heavy atom. The molecule has 0 aliphatic heterocycles. The molecular formula is C19H28N6O4S2. The van der Waals surface area contributed by atoms with Gasteiger partial charge in [0.05, 0.1) is 10.6 Å². The van der Waals surface area contributed by atoms with E-state index in [0.29, 0.717) is 41.1 Å². The third-order valence-corrected chi connectivity index (χ3v) is 6.82. The molecule has 0 atom stereocenters. The molecule has 0 saturated heterocycles. The Balaban J connectivity index is 2.09. The van der Waals surface area contributed by atoms with Gasteiger partial charge in [-0.3, -0.25) is 9.59 Å². The molecule has 0 bridgehead atoms. The molecule has 0 aliphatic carbocycles. The Labute approximate surface area is 186 Å². The summed E-state index contributed by atoms with van der Waals surface area (Å²) in [4.78, 5) is 23.6. The number of hydrogen-bond acceptors (Lipinski definition) is 7. The monoisotopic (exact) mass is 468 g/mol. The lowest BCUT2D eigenvalue weighted by Gasteiger charge is -2.12. The standard InChI is InChI=1S/C19H28N6O4S2/c1-12(2)10-25-17(8-7-16(20)26)23-24-19(25)30-11-18(27)22-14-6-5-13(3)15(9-14)31(28,29)21-4/h5-6,9,12,21H,7-8,10-11H2,1-4H3,(H2,20,26)(H,22,27). The molecule has 2 rings (SSSR count). The van der Waals surface area contributed by atoms with Gasteiger partial charge in [-0.2, -0.15) is 0 Å². The lowest BCUT2D eigenvalue weighted by molar-refractivity contribution is -0.118. The summed E-state index contributed by atoms with van der Waals surface area (Å²) in [5.74, 6) is 0.311. The summed E-state index contributed by atoms with van der Waals surface area (Å²) in [6, 6.07) is 4.71. The number of rotatable bonds is 11. The minimum Gasteiger partial charge on any atom is -0.370 e. The summed E-state index contributed by atoms with van der Waals surface area (Å²) in [5, 5.41) is 11.6. The number of aromatic nitrogens is 3. The molecule has 0 radical (unpaired) electrons. The van der Waals surface area contributed by atoms with Gasteiger partial charge in [-0.25, -0.2) is 13.1 Å². The van der Waals surface area contributed by atoms with Crippen LogP contribution in [0.1, 0.15) is 31.7 Å². The van der Waals surface area contributed by atoms with Crippen molar-refractivity contribution in [3.63, 3.8) is 0 Å². The molecule has 10 nitrogen and oxygen atoms in total. The van der Waals surface area contributed by atoms with Crippen LogP contribution in [0.4, 0.5) is 5.69 Å². The summed E-state index contributed by atoms with van der Waals surface area (Å²) < 4.78 is 28.4. The van der Waals surface area contributed by atoms with Gasteiger partial charge in [0, 0.05) is 25.1 Å². The van der Waals surface area contributed by atoms with E-state index in [1.165, 1.54) is 24.9 Å². The van der Waals surface area contributed by atoms with Gasteiger partial charge in [0.2, 0.25) is 21.8 Å². The molecule has 0 unspecified atom stereocenters. The van der Waals surface area contributed by atoms with Crippen molar-refractivity contribution in [2.45, 2.75) is 50.2 Å². The fourth-order valence-corrected chi connectivity index (χ4v) is 4.56. The molecule has 0 spiro atoms. The molecule has 2 aromatic rings. The van der Waals surface area contributed by atoms with Gasteiger partial charge < -0.3 is 15.6 Å². The van der Waals surface area contributed by atoms with E-state index in [4.69, 9.17) is 5.73 Å². The first-order valence-corrected chi connectivity index (χ1v) is 12.2. The predicted octanol–water partition coefficient (Wildman–Crippen LogP) is 1.30. The first-order chi connectivity index (χ1) is 14.5. The number of nitrogens with zero attached hydrogens (tertiary/aromatic N) is 3. The molecule has 170 valence electrons. The van der Waals surface area contributed by atoms with Crippen molar-refractivity contribution in [1.29, 1.82) is 0 Å². The Bertz CT molecular complexity index is 1050. The van der Waals surface area contributed by atoms with Gasteiger partial charge >= 0.3 is 0 Å². The summed E-state index contributed by atoms with van der Waals surface area (Å²) in [6.07, 6.45) is 0.556. The van der Waals surface area contributed by atoms with Crippen LogP contribution in [0.5, 0.6) is 0 Å². The highest BCUT2D eigenvalue weighted by Crippen LogP contribution is 2.22. The first kappa shape index (κ1) is 24.8. The van der Waals surface area contributed by atoms with Crippen molar-refractivity contribution >= 4 is 39.3 Å². The predicted molar refractivity (Wildman–Crippen MR) is 119 cm³/mol. The molecule has 1 aromatic carbocycles. The highest BCUT2D eigenvalue weighted by molar-refractivity contribution is 7.99. The Morgan fingerprint density at radius 2 is 1.97 bits per heavy atom. The van der Waals surface area contributed by atoms with E-state index in [1.807, 2.05) is 18.4 Å². The second-order valence-electron chi connectivity index (χ2n) is 7.39. The number of amides is 2. The van der Waals surface area contributed by atoms with Crippen molar-refractivity contribution in [2.75, 3.05) is 18.1 Å². The normalized spacial score (nSPS) is 11.6. The van der Waals surface area contributed by atoms with Crippen LogP contribution in [0.25, 0.3) is 0 Å². The number of carbonyl (C=O) groups is 2. The number of thioether (sulfide) groups is 1. The Kier molecular flexibility index (Phi) is 8.60. The highest BCUT2D eigenvalue weighted by atomic mass is 32.2. The van der Waals surface area contributed by atoms with Crippen molar-refractivity contribution in [2.24, 2.45) is 11.7 Å². The molecule has 0 fully saturated rings. The van der Waals surface area contributed by atoms with Crippen molar-refractivity contribution < 1.29 is 18.0 Å². The Hall–Kier alpha value is -2.44. The molecular weight excluding hydrogens is 440 g/mol. The average Bonchev–Trinajstić information content (AvgIpc) is 3.07. The first-order valence-electron chi connectivity index (χ1n) is 9.70. The molecule has 12 heteroatoms. The van der Waals surface area contributed by atoms with Crippen LogP contribution >= 0.6 is 11.8 Å². The number of anilines is 1. The Morgan fingerprint density at radius 3 is 2.58 bits per heavy atom. The van der Waals surface area contributed by atoms with Crippen molar-refractivity contribution in [3.8, 4) is 0 Å². The second-order valence-corrected chi connectivity index (χ2v) is 10.2.